The van der Waals surface area contributed by atoms with E-state index in [9.17, 15) is 14.7 Å². The van der Waals surface area contributed by atoms with Crippen molar-refractivity contribution < 1.29 is 14.7 Å². The van der Waals surface area contributed by atoms with Crippen molar-refractivity contribution in [3.63, 3.8) is 0 Å². The van der Waals surface area contributed by atoms with Gasteiger partial charge in [0.15, 0.2) is 0 Å². The Kier molecular flexibility index (Phi) is 6.42. The molecule has 0 fully saturated rings. The van der Waals surface area contributed by atoms with E-state index in [4.69, 9.17) is 0 Å². The molecule has 0 bridgehead atoms. The van der Waals surface area contributed by atoms with Gasteiger partial charge >= 0.3 is 5.97 Å². The molecule has 0 spiro atoms. The van der Waals surface area contributed by atoms with Gasteiger partial charge in [0, 0.05) is 29.1 Å². The summed E-state index contributed by atoms with van der Waals surface area (Å²) in [7, 11) is 0. The van der Waals surface area contributed by atoms with Gasteiger partial charge in [-0.05, 0) is 82.8 Å². The number of hydrogen-bond acceptors (Lipinski definition) is 4. The molecule has 6 aromatic rings. The van der Waals surface area contributed by atoms with Crippen LogP contribution in [0.3, 0.4) is 0 Å². The highest BCUT2D eigenvalue weighted by Gasteiger charge is 2.19. The average molecular weight is 532 g/mol. The Morgan fingerprint density at radius 3 is 2.46 bits per heavy atom. The summed E-state index contributed by atoms with van der Waals surface area (Å²) in [6.45, 7) is 2.51. The van der Waals surface area contributed by atoms with Crippen LogP contribution >= 0.6 is 11.5 Å². The summed E-state index contributed by atoms with van der Waals surface area (Å²) in [6.07, 6.45) is 2.02. The first-order valence-corrected chi connectivity index (χ1v) is 13.5. The quantitative estimate of drug-likeness (QED) is 0.229. The maximum atomic E-state index is 13.8. The van der Waals surface area contributed by atoms with Gasteiger partial charge in [0.05, 0.1) is 28.4 Å². The zero-order valence-electron chi connectivity index (χ0n) is 21.2. The smallest absolute Gasteiger partial charge is 0.335 e. The Balaban J connectivity index is 1.38. The fraction of sp³-hybridized carbons (Fsp3) is 0.0938. The van der Waals surface area contributed by atoms with Crippen LogP contribution in [0.4, 0.5) is 0 Å². The third-order valence-electron chi connectivity index (χ3n) is 7.01. The summed E-state index contributed by atoms with van der Waals surface area (Å²) in [4.78, 5) is 25.0. The molecule has 1 unspecified atom stereocenters. The van der Waals surface area contributed by atoms with Crippen LogP contribution < -0.4 is 5.32 Å². The molecule has 39 heavy (non-hydrogen) atoms. The van der Waals surface area contributed by atoms with Crippen molar-refractivity contribution in [1.29, 1.82) is 0 Å². The molecule has 0 aliphatic carbocycles. The minimum atomic E-state index is -0.980. The molecule has 2 N–H and O–H groups in total. The van der Waals surface area contributed by atoms with E-state index in [2.05, 4.69) is 50.7 Å². The standard InChI is InChI=1S/C32H25N3O3S/c1-20(22-8-10-24(11-9-22)32(37)38)33-31(36)28-18-27(29-13-15-39-34-29)17-26-12-14-35(30(26)28)19-21-6-7-23-4-2-3-5-25(23)16-21/h2-18,20H,19H2,1H3,(H,33,36)(H,37,38). The first-order valence-electron chi connectivity index (χ1n) is 12.6. The number of fused-ring (bicyclic) bond motifs is 2. The molecular formula is C32H25N3O3S. The van der Waals surface area contributed by atoms with E-state index < -0.39 is 5.97 Å². The number of nitrogens with zero attached hydrogens (tertiary/aromatic N) is 2. The van der Waals surface area contributed by atoms with Crippen molar-refractivity contribution in [3.05, 3.63) is 125 Å². The fourth-order valence-electron chi connectivity index (χ4n) is 4.97. The molecule has 4 aromatic carbocycles. The minimum absolute atomic E-state index is 0.203. The molecule has 7 heteroatoms. The number of carboxylic acids is 1. The van der Waals surface area contributed by atoms with Gasteiger partial charge in [0.2, 0.25) is 0 Å². The Hall–Kier alpha value is -4.75. The Bertz CT molecular complexity index is 1820. The van der Waals surface area contributed by atoms with E-state index in [1.807, 2.05) is 48.8 Å². The molecule has 0 radical (unpaired) electrons. The molecule has 1 atom stereocenters. The van der Waals surface area contributed by atoms with Crippen molar-refractivity contribution in [2.45, 2.75) is 19.5 Å². The first kappa shape index (κ1) is 24.6. The second-order valence-corrected chi connectivity index (χ2v) is 10.3. The lowest BCUT2D eigenvalue weighted by Gasteiger charge is -2.17. The number of carboxylic acid groups (broad SMARTS) is 1. The lowest BCUT2D eigenvalue weighted by Crippen LogP contribution is -2.27. The number of benzene rings is 4. The van der Waals surface area contributed by atoms with E-state index in [0.717, 1.165) is 33.3 Å². The molecule has 0 saturated carbocycles. The molecule has 0 saturated heterocycles. The van der Waals surface area contributed by atoms with Crippen LogP contribution in [0.15, 0.2) is 103 Å². The summed E-state index contributed by atoms with van der Waals surface area (Å²) >= 11 is 1.38. The molecule has 2 aromatic heterocycles. The van der Waals surface area contributed by atoms with Gasteiger partial charge in [-0.3, -0.25) is 4.79 Å². The van der Waals surface area contributed by atoms with Gasteiger partial charge in [0.25, 0.3) is 5.91 Å². The fourth-order valence-corrected chi connectivity index (χ4v) is 5.50. The molecule has 6 nitrogen and oxygen atoms in total. The number of carbonyl (C=O) groups excluding carboxylic acids is 1. The zero-order chi connectivity index (χ0) is 26.9. The van der Waals surface area contributed by atoms with Gasteiger partial charge in [-0.25, -0.2) is 4.79 Å². The molecule has 192 valence electrons. The van der Waals surface area contributed by atoms with Gasteiger partial charge < -0.3 is 15.0 Å². The highest BCUT2D eigenvalue weighted by molar-refractivity contribution is 7.03. The van der Waals surface area contributed by atoms with Crippen molar-refractivity contribution in [2.75, 3.05) is 0 Å². The van der Waals surface area contributed by atoms with Crippen molar-refractivity contribution >= 4 is 45.1 Å². The number of nitrogens with one attached hydrogen (secondary N) is 1. The molecule has 6 rings (SSSR count). The second-order valence-electron chi connectivity index (χ2n) is 9.59. The summed E-state index contributed by atoms with van der Waals surface area (Å²) in [5.74, 6) is -1.18. The third-order valence-corrected chi connectivity index (χ3v) is 7.57. The van der Waals surface area contributed by atoms with Crippen molar-refractivity contribution in [3.8, 4) is 11.3 Å². The van der Waals surface area contributed by atoms with Crippen LogP contribution in [-0.2, 0) is 6.54 Å². The maximum Gasteiger partial charge on any atom is 0.335 e. The van der Waals surface area contributed by atoms with Crippen LogP contribution in [0.2, 0.25) is 0 Å². The maximum absolute atomic E-state index is 13.8. The SMILES string of the molecule is CC(NC(=O)c1cc(-c2ccsn2)cc2ccn(Cc3ccc4ccccc4c3)c12)c1ccc(C(=O)O)cc1. The number of carbonyl (C=O) groups is 2. The highest BCUT2D eigenvalue weighted by atomic mass is 32.1. The number of amides is 1. The lowest BCUT2D eigenvalue weighted by atomic mass is 10.0. The summed E-state index contributed by atoms with van der Waals surface area (Å²) in [5, 5.41) is 17.6. The minimum Gasteiger partial charge on any atom is -0.478 e. The van der Waals surface area contributed by atoms with Gasteiger partial charge in [-0.1, -0.05) is 48.5 Å². The topological polar surface area (TPSA) is 84.2 Å². The van der Waals surface area contributed by atoms with E-state index in [0.29, 0.717) is 12.1 Å². The van der Waals surface area contributed by atoms with Crippen LogP contribution in [0, 0.1) is 0 Å². The lowest BCUT2D eigenvalue weighted by molar-refractivity contribution is 0.0696. The van der Waals surface area contributed by atoms with E-state index in [-0.39, 0.29) is 17.5 Å². The molecule has 0 aliphatic rings. The summed E-state index contributed by atoms with van der Waals surface area (Å²) in [6, 6.07) is 28.9. The largest absolute Gasteiger partial charge is 0.478 e. The first-order chi connectivity index (χ1) is 19.0. The molecule has 1 amide bonds. The number of aromatic nitrogens is 2. The number of aromatic carboxylic acids is 1. The Morgan fingerprint density at radius 2 is 1.72 bits per heavy atom. The zero-order valence-corrected chi connectivity index (χ0v) is 22.0. The average Bonchev–Trinajstić information content (AvgIpc) is 3.63. The van der Waals surface area contributed by atoms with Gasteiger partial charge in [-0.15, -0.1) is 0 Å². The van der Waals surface area contributed by atoms with Gasteiger partial charge in [-0.2, -0.15) is 4.37 Å². The normalized spacial score (nSPS) is 12.0. The van der Waals surface area contributed by atoms with E-state index in [1.54, 1.807) is 24.3 Å². The van der Waals surface area contributed by atoms with E-state index >= 15 is 0 Å². The van der Waals surface area contributed by atoms with Crippen LogP contribution in [0.5, 0.6) is 0 Å². The van der Waals surface area contributed by atoms with Crippen LogP contribution in [-0.4, -0.2) is 25.9 Å². The molecular weight excluding hydrogens is 506 g/mol. The Labute approximate surface area is 229 Å². The van der Waals surface area contributed by atoms with Gasteiger partial charge in [0.1, 0.15) is 0 Å². The summed E-state index contributed by atoms with van der Waals surface area (Å²) in [5.41, 5.74) is 5.32. The number of hydrogen-bond donors (Lipinski definition) is 2. The molecule has 2 heterocycles. The highest BCUT2D eigenvalue weighted by Crippen LogP contribution is 2.30. The van der Waals surface area contributed by atoms with E-state index in [1.165, 1.54) is 22.3 Å². The predicted octanol–water partition coefficient (Wildman–Crippen LogP) is 7.16. The molecule has 0 aliphatic heterocycles. The summed E-state index contributed by atoms with van der Waals surface area (Å²) < 4.78 is 6.60. The van der Waals surface area contributed by atoms with Crippen molar-refractivity contribution in [1.82, 2.24) is 14.3 Å². The second kappa shape index (κ2) is 10.2. The number of rotatable bonds is 7. The predicted molar refractivity (Wildman–Crippen MR) is 155 cm³/mol. The monoisotopic (exact) mass is 531 g/mol. The third kappa shape index (κ3) is 4.92. The van der Waals surface area contributed by atoms with Crippen LogP contribution in [0.1, 0.15) is 44.8 Å². The van der Waals surface area contributed by atoms with Crippen molar-refractivity contribution in [2.24, 2.45) is 0 Å². The van der Waals surface area contributed by atoms with Crippen LogP contribution in [0.25, 0.3) is 32.9 Å². The Morgan fingerprint density at radius 1 is 0.923 bits per heavy atom.